The highest BCUT2D eigenvalue weighted by molar-refractivity contribution is 7.92. The number of hydrogen-bond donors (Lipinski definition) is 3. The van der Waals surface area contributed by atoms with Gasteiger partial charge in [-0.05, 0) is 79.9 Å². The first-order chi connectivity index (χ1) is 18.6. The molecule has 8 nitrogen and oxygen atoms in total. The Bertz CT molecular complexity index is 1460. The molecule has 218 valence electrons. The van der Waals surface area contributed by atoms with E-state index < -0.39 is 26.8 Å². The van der Waals surface area contributed by atoms with Gasteiger partial charge in [0.1, 0.15) is 0 Å². The fraction of sp³-hybridized carbons (Fsp3) is 0.481. The van der Waals surface area contributed by atoms with E-state index in [2.05, 4.69) is 36.2 Å². The molecule has 2 aromatic carbocycles. The van der Waals surface area contributed by atoms with Crippen LogP contribution in [0.5, 0.6) is 0 Å². The van der Waals surface area contributed by atoms with E-state index in [0.717, 1.165) is 43.1 Å². The molecule has 1 fully saturated rings. The minimum atomic E-state index is -4.78. The molecule has 0 aliphatic carbocycles. The lowest BCUT2D eigenvalue weighted by Gasteiger charge is -2.32. The number of benzene rings is 2. The number of piperidine rings is 1. The molecule has 13 heteroatoms. The van der Waals surface area contributed by atoms with Crippen molar-refractivity contribution in [2.75, 3.05) is 24.6 Å². The van der Waals surface area contributed by atoms with Gasteiger partial charge >= 0.3 is 6.18 Å². The van der Waals surface area contributed by atoms with Crippen LogP contribution in [-0.2, 0) is 16.0 Å². The predicted octanol–water partition coefficient (Wildman–Crippen LogP) is 5.74. The third-order valence-corrected chi connectivity index (χ3v) is 9.88. The lowest BCUT2D eigenvalue weighted by atomic mass is 9.85. The van der Waals surface area contributed by atoms with E-state index in [4.69, 9.17) is 23.1 Å². The zero-order chi connectivity index (χ0) is 29.5. The first-order valence-corrected chi connectivity index (χ1v) is 14.9. The van der Waals surface area contributed by atoms with Gasteiger partial charge in [0.25, 0.3) is 0 Å². The molecule has 0 bridgehead atoms. The number of nitrogens with zero attached hydrogens (tertiary/aromatic N) is 3. The van der Waals surface area contributed by atoms with Crippen molar-refractivity contribution < 1.29 is 21.6 Å². The van der Waals surface area contributed by atoms with Crippen LogP contribution < -0.4 is 16.8 Å². The van der Waals surface area contributed by atoms with E-state index in [1.165, 1.54) is 30.3 Å². The molecule has 1 unspecified atom stereocenters. The Kier molecular flexibility index (Phi) is 8.45. The maximum absolute atomic E-state index is 14.2. The minimum Gasteiger partial charge on any atom is -0.368 e. The number of hydrogen-bond acceptors (Lipinski definition) is 7. The molecule has 40 heavy (non-hydrogen) atoms. The van der Waals surface area contributed by atoms with Crippen molar-refractivity contribution in [2.45, 2.75) is 62.8 Å². The number of nitrogens with one attached hydrogen (secondary N) is 1. The number of nitrogen functional groups attached to an aromatic ring is 2. The Morgan fingerprint density at radius 1 is 1.10 bits per heavy atom. The smallest absolute Gasteiger partial charge is 0.368 e. The topological polar surface area (TPSA) is 129 Å². The molecule has 5 N–H and O–H groups in total. The lowest BCUT2D eigenvalue weighted by molar-refractivity contribution is -0.137. The molecule has 3 aromatic rings. The summed E-state index contributed by atoms with van der Waals surface area (Å²) in [6, 6.07) is 7.62. The fourth-order valence-corrected chi connectivity index (χ4v) is 7.58. The number of rotatable bonds is 7. The van der Waals surface area contributed by atoms with Crippen LogP contribution in [0.2, 0.25) is 5.02 Å². The van der Waals surface area contributed by atoms with E-state index in [1.807, 2.05) is 0 Å². The molecule has 1 atom stereocenters. The highest BCUT2D eigenvalue weighted by Gasteiger charge is 2.38. The zero-order valence-corrected chi connectivity index (χ0v) is 24.2. The molecule has 1 saturated heterocycles. The number of halogens is 4. The summed E-state index contributed by atoms with van der Waals surface area (Å²) in [6.07, 6.45) is -2.03. The van der Waals surface area contributed by atoms with E-state index in [1.54, 1.807) is 0 Å². The maximum atomic E-state index is 14.2. The minimum absolute atomic E-state index is 0.00496. The van der Waals surface area contributed by atoms with Gasteiger partial charge in [-0.25, -0.2) is 8.42 Å². The summed E-state index contributed by atoms with van der Waals surface area (Å²) < 4.78 is 71.3. The number of aromatic nitrogens is 3. The van der Waals surface area contributed by atoms with Crippen LogP contribution in [0.25, 0.3) is 16.8 Å². The summed E-state index contributed by atoms with van der Waals surface area (Å²) in [6.45, 7) is 7.74. The summed E-state index contributed by atoms with van der Waals surface area (Å²) in [4.78, 5) is 3.80. The van der Waals surface area contributed by atoms with Crippen LogP contribution in [0.4, 0.5) is 25.1 Å². The van der Waals surface area contributed by atoms with Crippen LogP contribution in [0.1, 0.15) is 52.0 Å². The lowest BCUT2D eigenvalue weighted by Crippen LogP contribution is -2.38. The zero-order valence-electron chi connectivity index (χ0n) is 22.6. The molecule has 1 aliphatic rings. The fourth-order valence-electron chi connectivity index (χ4n) is 5.18. The summed E-state index contributed by atoms with van der Waals surface area (Å²) in [5.41, 5.74) is 9.98. The Labute approximate surface area is 237 Å². The summed E-state index contributed by atoms with van der Waals surface area (Å²) in [5.74, 6) is -0.391. The van der Waals surface area contributed by atoms with E-state index in [0.29, 0.717) is 6.42 Å². The highest BCUT2D eigenvalue weighted by atomic mass is 35.5. The van der Waals surface area contributed by atoms with Gasteiger partial charge in [-0.1, -0.05) is 44.5 Å². The van der Waals surface area contributed by atoms with Gasteiger partial charge in [-0.15, -0.1) is 5.10 Å². The molecular weight excluding hydrogens is 565 g/mol. The van der Waals surface area contributed by atoms with Gasteiger partial charge in [0.05, 0.1) is 26.4 Å². The second kappa shape index (κ2) is 11.2. The second-order valence-corrected chi connectivity index (χ2v) is 14.0. The largest absolute Gasteiger partial charge is 0.417 e. The molecule has 0 amide bonds. The molecule has 0 saturated carbocycles. The van der Waals surface area contributed by atoms with Crippen LogP contribution in [0.15, 0.2) is 41.3 Å². The van der Waals surface area contributed by atoms with E-state index >= 15 is 0 Å². The summed E-state index contributed by atoms with van der Waals surface area (Å²) in [7, 11) is -3.74. The van der Waals surface area contributed by atoms with Crippen LogP contribution in [-0.4, -0.2) is 41.5 Å². The monoisotopic (exact) mass is 598 g/mol. The van der Waals surface area contributed by atoms with Gasteiger partial charge < -0.3 is 16.8 Å². The quantitative estimate of drug-likeness (QED) is 0.316. The standard InChI is InChI=1S/C27H34ClF3N6O2S/c1-26(2,3)11-8-22(16-9-12-34-13-10-16)40(38,39)19-6-4-17(5-7-19)23-20(27(29,30)31)14-18(15-21(23)28)37-25(33)35-24(32)36-37/h4-7,14-16,22,34H,8-13H2,1-3H3,(H4,32,33,35,36). The van der Waals surface area contributed by atoms with Crippen molar-refractivity contribution in [3.8, 4) is 16.8 Å². The van der Waals surface area contributed by atoms with E-state index in [-0.39, 0.29) is 50.0 Å². The third kappa shape index (κ3) is 6.55. The average molecular weight is 599 g/mol. The summed E-state index contributed by atoms with van der Waals surface area (Å²) in [5, 5.41) is 6.32. The normalized spacial score (nSPS) is 16.3. The first-order valence-electron chi connectivity index (χ1n) is 13.0. The Balaban J connectivity index is 1.73. The van der Waals surface area contributed by atoms with Gasteiger partial charge in [0, 0.05) is 5.56 Å². The average Bonchev–Trinajstić information content (AvgIpc) is 3.20. The van der Waals surface area contributed by atoms with Crippen molar-refractivity contribution in [3.63, 3.8) is 0 Å². The van der Waals surface area contributed by atoms with Gasteiger partial charge in [-0.3, -0.25) is 0 Å². The SMILES string of the molecule is CC(C)(C)CCC(C1CCNCC1)S(=O)(=O)c1ccc(-c2c(Cl)cc(-n3nc(N)nc3N)cc2C(F)(F)F)cc1. The Morgan fingerprint density at radius 2 is 1.73 bits per heavy atom. The van der Waals surface area contributed by atoms with Crippen molar-refractivity contribution in [1.82, 2.24) is 20.1 Å². The predicted molar refractivity (Wildman–Crippen MR) is 151 cm³/mol. The maximum Gasteiger partial charge on any atom is 0.417 e. The number of alkyl halides is 3. The Hall–Kier alpha value is -2.83. The highest BCUT2D eigenvalue weighted by Crippen LogP contribution is 2.43. The van der Waals surface area contributed by atoms with Crippen LogP contribution in [0, 0.1) is 11.3 Å². The van der Waals surface area contributed by atoms with Crippen LogP contribution in [0.3, 0.4) is 0 Å². The number of sulfone groups is 1. The number of nitrogens with two attached hydrogens (primary N) is 2. The molecular formula is C27H34ClF3N6O2S. The molecule has 1 aliphatic heterocycles. The van der Waals surface area contributed by atoms with Crippen molar-refractivity contribution >= 4 is 33.3 Å². The van der Waals surface area contributed by atoms with Gasteiger partial charge in [0.2, 0.25) is 11.9 Å². The second-order valence-electron chi connectivity index (χ2n) is 11.4. The van der Waals surface area contributed by atoms with Crippen molar-refractivity contribution in [2.24, 2.45) is 11.3 Å². The molecule has 0 radical (unpaired) electrons. The third-order valence-electron chi connectivity index (χ3n) is 7.23. The van der Waals surface area contributed by atoms with Gasteiger partial charge in [-0.2, -0.15) is 22.8 Å². The number of anilines is 2. The first kappa shape index (κ1) is 30.1. The molecule has 0 spiro atoms. The molecule has 2 heterocycles. The van der Waals surface area contributed by atoms with E-state index in [9.17, 15) is 21.6 Å². The van der Waals surface area contributed by atoms with Crippen molar-refractivity contribution in [3.05, 3.63) is 47.0 Å². The summed E-state index contributed by atoms with van der Waals surface area (Å²) >= 11 is 6.39. The Morgan fingerprint density at radius 3 is 2.25 bits per heavy atom. The van der Waals surface area contributed by atoms with Gasteiger partial charge in [0.15, 0.2) is 9.84 Å². The molecule has 4 rings (SSSR count). The van der Waals surface area contributed by atoms with Crippen molar-refractivity contribution in [1.29, 1.82) is 0 Å². The van der Waals surface area contributed by atoms with Crippen LogP contribution >= 0.6 is 11.6 Å². The molecule has 1 aromatic heterocycles.